The van der Waals surface area contributed by atoms with Crippen LogP contribution in [0.2, 0.25) is 5.02 Å². The van der Waals surface area contributed by atoms with Gasteiger partial charge in [-0.3, -0.25) is 14.5 Å². The Kier molecular flexibility index (Phi) is 5.11. The fourth-order valence-corrected chi connectivity index (χ4v) is 5.72. The molecular weight excluding hydrogens is 448 g/mol. The number of anilines is 2. The van der Waals surface area contributed by atoms with Gasteiger partial charge < -0.3 is 10.6 Å². The van der Waals surface area contributed by atoms with Gasteiger partial charge in [0.1, 0.15) is 17.3 Å². The molecule has 0 bridgehead atoms. The van der Waals surface area contributed by atoms with E-state index in [2.05, 4.69) is 12.6 Å². The Hall–Kier alpha value is -3.82. The molecule has 0 saturated carbocycles. The molecule has 3 aliphatic rings. The third kappa shape index (κ3) is 2.68. The highest BCUT2D eigenvalue weighted by Gasteiger charge is 2.62. The van der Waals surface area contributed by atoms with E-state index in [1.54, 1.807) is 28.0 Å². The van der Waals surface area contributed by atoms with Gasteiger partial charge in [-0.1, -0.05) is 41.9 Å². The zero-order valence-electron chi connectivity index (χ0n) is 18.8. The fourth-order valence-electron chi connectivity index (χ4n) is 5.55. The molecule has 1 amide bonds. The monoisotopic (exact) mass is 470 g/mol. The number of amides is 1. The Balaban J connectivity index is 1.90. The van der Waals surface area contributed by atoms with Crippen LogP contribution >= 0.6 is 11.6 Å². The van der Waals surface area contributed by atoms with Crippen LogP contribution in [0.15, 0.2) is 77.8 Å². The second-order valence-corrected chi connectivity index (χ2v) is 9.07. The number of nitriles is 1. The van der Waals surface area contributed by atoms with Gasteiger partial charge in [-0.15, -0.1) is 6.58 Å². The summed E-state index contributed by atoms with van der Waals surface area (Å²) >= 11 is 6.42. The number of hydrogen-bond donors (Lipinski definition) is 1. The Labute approximate surface area is 203 Å². The minimum atomic E-state index is -1.58. The van der Waals surface area contributed by atoms with Crippen LogP contribution in [-0.4, -0.2) is 18.2 Å². The van der Waals surface area contributed by atoms with Crippen LogP contribution in [0.5, 0.6) is 0 Å². The van der Waals surface area contributed by atoms with Crippen LogP contribution in [0.25, 0.3) is 0 Å². The second-order valence-electron chi connectivity index (χ2n) is 8.66. The zero-order chi connectivity index (χ0) is 24.2. The highest BCUT2D eigenvalue weighted by molar-refractivity contribution is 6.31. The van der Waals surface area contributed by atoms with E-state index >= 15 is 0 Å². The Morgan fingerprint density at radius 3 is 2.65 bits per heavy atom. The van der Waals surface area contributed by atoms with Crippen LogP contribution in [0.4, 0.5) is 11.4 Å². The maximum Gasteiger partial charge on any atom is 0.248 e. The summed E-state index contributed by atoms with van der Waals surface area (Å²) in [5.74, 6) is -0.349. The number of hydrogen-bond acceptors (Lipinski definition) is 5. The van der Waals surface area contributed by atoms with Crippen LogP contribution in [0, 0.1) is 18.3 Å². The summed E-state index contributed by atoms with van der Waals surface area (Å²) in [6.07, 6.45) is 3.12. The van der Waals surface area contributed by atoms with Gasteiger partial charge in [-0.2, -0.15) is 5.26 Å². The molecule has 0 fully saturated rings. The third-order valence-electron chi connectivity index (χ3n) is 6.97. The second kappa shape index (κ2) is 7.89. The molecule has 1 spiro atoms. The molecule has 0 saturated heterocycles. The zero-order valence-corrected chi connectivity index (χ0v) is 19.5. The summed E-state index contributed by atoms with van der Waals surface area (Å²) in [4.78, 5) is 31.2. The number of halogens is 1. The normalized spacial score (nSPS) is 21.7. The number of rotatable bonds is 3. The molecule has 1 aliphatic carbocycles. The number of nitrogens with zero attached hydrogens (tertiary/aromatic N) is 3. The highest BCUT2D eigenvalue weighted by atomic mass is 35.5. The number of Topliss-reactive ketones (excluding diaryl/α,β-unsaturated/α-hetero) is 1. The summed E-state index contributed by atoms with van der Waals surface area (Å²) < 4.78 is 0. The van der Waals surface area contributed by atoms with E-state index in [1.807, 2.05) is 37.3 Å². The van der Waals surface area contributed by atoms with Crippen molar-refractivity contribution >= 4 is 34.7 Å². The fraction of sp³-hybridized carbons (Fsp3) is 0.222. The molecule has 1 atom stereocenters. The number of allylic oxidation sites excluding steroid dienone is 1. The summed E-state index contributed by atoms with van der Waals surface area (Å²) in [7, 11) is 0. The molecule has 2 aliphatic heterocycles. The van der Waals surface area contributed by atoms with Gasteiger partial charge in [0.25, 0.3) is 0 Å². The van der Waals surface area contributed by atoms with E-state index in [4.69, 9.17) is 17.3 Å². The lowest BCUT2D eigenvalue weighted by atomic mass is 9.63. The van der Waals surface area contributed by atoms with E-state index in [9.17, 15) is 14.9 Å². The van der Waals surface area contributed by atoms with E-state index in [1.165, 1.54) is 0 Å². The van der Waals surface area contributed by atoms with Crippen LogP contribution < -0.4 is 15.5 Å². The first-order chi connectivity index (χ1) is 16.4. The number of fused-ring (bicyclic) bond motifs is 3. The Bertz CT molecular complexity index is 1380. The molecule has 5 rings (SSSR count). The molecule has 2 aromatic rings. The van der Waals surface area contributed by atoms with Crippen molar-refractivity contribution in [3.8, 4) is 6.07 Å². The van der Waals surface area contributed by atoms with Crippen molar-refractivity contribution < 1.29 is 9.59 Å². The molecule has 2 N–H and O–H groups in total. The van der Waals surface area contributed by atoms with Crippen molar-refractivity contribution in [3.63, 3.8) is 0 Å². The number of nitrogens with two attached hydrogens (primary N) is 1. The standard InChI is InChI=1S/C27H23ClN4O2/c1-3-14-31-21-10-5-4-8-17(21)27(26(31)34)18(15-29)25(30)32(20-11-6-9-19(28)16(20)2)22-12-7-13-23(33)24(22)27/h3-6,8-11H,1,7,12-14,30H2,2H3/t27-/m0/s1. The topological polar surface area (TPSA) is 90.4 Å². The largest absolute Gasteiger partial charge is 0.384 e. The molecule has 0 aromatic heterocycles. The van der Waals surface area contributed by atoms with E-state index in [-0.39, 0.29) is 29.6 Å². The van der Waals surface area contributed by atoms with Crippen LogP contribution in [-0.2, 0) is 15.0 Å². The Morgan fingerprint density at radius 2 is 1.91 bits per heavy atom. The average molecular weight is 471 g/mol. The summed E-state index contributed by atoms with van der Waals surface area (Å²) in [6, 6.07) is 15.0. The molecule has 2 aromatic carbocycles. The summed E-state index contributed by atoms with van der Waals surface area (Å²) in [5, 5.41) is 11.0. The van der Waals surface area contributed by atoms with Gasteiger partial charge in [0.2, 0.25) is 5.91 Å². The highest BCUT2D eigenvalue weighted by Crippen LogP contribution is 2.57. The molecule has 6 nitrogen and oxygen atoms in total. The lowest BCUT2D eigenvalue weighted by Crippen LogP contribution is -2.52. The molecule has 2 heterocycles. The van der Waals surface area contributed by atoms with Gasteiger partial charge in [-0.25, -0.2) is 0 Å². The van der Waals surface area contributed by atoms with Crippen molar-refractivity contribution in [2.45, 2.75) is 31.6 Å². The number of ketones is 1. The summed E-state index contributed by atoms with van der Waals surface area (Å²) in [6.45, 7) is 5.91. The van der Waals surface area contributed by atoms with Gasteiger partial charge in [-0.05, 0) is 43.5 Å². The average Bonchev–Trinajstić information content (AvgIpc) is 3.06. The van der Waals surface area contributed by atoms with E-state index in [0.717, 1.165) is 5.56 Å². The lowest BCUT2D eigenvalue weighted by molar-refractivity contribution is -0.124. The van der Waals surface area contributed by atoms with Crippen LogP contribution in [0.1, 0.15) is 30.4 Å². The smallest absolute Gasteiger partial charge is 0.248 e. The van der Waals surface area contributed by atoms with E-state index < -0.39 is 5.41 Å². The maximum atomic E-state index is 14.2. The van der Waals surface area contributed by atoms with E-state index in [0.29, 0.717) is 52.5 Å². The molecule has 34 heavy (non-hydrogen) atoms. The summed E-state index contributed by atoms with van der Waals surface area (Å²) in [5.41, 5.74) is 8.94. The first kappa shape index (κ1) is 22.0. The van der Waals surface area contributed by atoms with Crippen molar-refractivity contribution in [1.29, 1.82) is 5.26 Å². The molecule has 0 unspecified atom stereocenters. The quantitative estimate of drug-likeness (QED) is 0.660. The minimum absolute atomic E-state index is 0.0601. The first-order valence-electron chi connectivity index (χ1n) is 11.1. The number of carbonyl (C=O) groups excluding carboxylic acids is 2. The molecule has 170 valence electrons. The van der Waals surface area contributed by atoms with Gasteiger partial charge in [0.15, 0.2) is 5.78 Å². The van der Waals surface area contributed by atoms with Crippen LogP contribution in [0.3, 0.4) is 0 Å². The number of benzene rings is 2. The first-order valence-corrected chi connectivity index (χ1v) is 11.5. The minimum Gasteiger partial charge on any atom is -0.384 e. The third-order valence-corrected chi connectivity index (χ3v) is 7.38. The van der Waals surface area contributed by atoms with Gasteiger partial charge >= 0.3 is 0 Å². The molecular formula is C27H23ClN4O2. The van der Waals surface area contributed by atoms with Gasteiger partial charge in [0, 0.05) is 40.5 Å². The molecule has 0 radical (unpaired) electrons. The lowest BCUT2D eigenvalue weighted by Gasteiger charge is -2.44. The number of carbonyl (C=O) groups is 2. The SMILES string of the molecule is C=CCN1C(=O)[C@]2(C(C#N)=C(N)N(c3cccc(Cl)c3C)C3=C2C(=O)CCC3)c2ccccc21. The number of para-hydroxylation sites is 1. The van der Waals surface area contributed by atoms with Crippen molar-refractivity contribution in [1.82, 2.24) is 0 Å². The van der Waals surface area contributed by atoms with Crippen molar-refractivity contribution in [2.24, 2.45) is 5.73 Å². The van der Waals surface area contributed by atoms with Gasteiger partial charge in [0.05, 0.1) is 11.3 Å². The Morgan fingerprint density at radius 1 is 1.18 bits per heavy atom. The maximum absolute atomic E-state index is 14.2. The predicted molar refractivity (Wildman–Crippen MR) is 132 cm³/mol. The van der Waals surface area contributed by atoms with Crippen molar-refractivity contribution in [2.75, 3.05) is 16.3 Å². The van der Waals surface area contributed by atoms with Crippen molar-refractivity contribution in [3.05, 3.63) is 93.9 Å². The predicted octanol–water partition coefficient (Wildman–Crippen LogP) is 4.64. The molecule has 7 heteroatoms.